The molecule has 3 aromatic rings. The summed E-state index contributed by atoms with van der Waals surface area (Å²) in [5.41, 5.74) is 0. The summed E-state index contributed by atoms with van der Waals surface area (Å²) in [6.07, 6.45) is 22.1. The minimum atomic E-state index is 0.673. The molecule has 0 bridgehead atoms. The van der Waals surface area contributed by atoms with Gasteiger partial charge in [-0.1, -0.05) is 330 Å². The fourth-order valence-electron chi connectivity index (χ4n) is 4.73. The molecular weight excluding hydrogens is 965 g/mol. The number of allylic oxidation sites excluding steroid dienone is 4. The van der Waals surface area contributed by atoms with Crippen molar-refractivity contribution in [2.24, 2.45) is 71.0 Å². The number of rotatable bonds is 19. The summed E-state index contributed by atoms with van der Waals surface area (Å²) in [7, 11) is 0. The van der Waals surface area contributed by atoms with Crippen molar-refractivity contribution < 1.29 is 4.74 Å². The second-order valence-electron chi connectivity index (χ2n) is 25.3. The lowest BCUT2D eigenvalue weighted by Gasteiger charge is -2.07. The quantitative estimate of drug-likeness (QED) is 0.0660. The third-order valence-electron chi connectivity index (χ3n) is 10.3. The molecule has 0 amide bonds. The highest BCUT2D eigenvalue weighted by atomic mass is 16.5. The molecule has 0 saturated heterocycles. The van der Waals surface area contributed by atoms with Crippen molar-refractivity contribution in [3.8, 4) is 23.7 Å². The molecule has 0 aromatic heterocycles. The minimum absolute atomic E-state index is 0.673. The maximum absolute atomic E-state index is 5.41. The number of hydrogen-bond acceptors (Lipinski definition) is 1. The zero-order valence-corrected chi connectivity index (χ0v) is 59.9. The molecule has 0 radical (unpaired) electrons. The SMILES string of the molecule is CC.CC.CC(C)C/C=C/CC(C)C.CC(C)C/C=C\CC(C)C.CC(C)CC#CCC(C)C.CC(C)CC#CCC(C)C.CC(C)CCOCC(C)C.CCC(C)C.CCC(C)C.c1ccc2ccccc2c1.c1ccccc1. The molecule has 0 spiro atoms. The lowest BCUT2D eigenvalue weighted by atomic mass is 10.1. The second kappa shape index (κ2) is 75.5. The normalized spacial score (nSPS) is 10.1. The summed E-state index contributed by atoms with van der Waals surface area (Å²) >= 11 is 0. The smallest absolute Gasteiger partial charge is 0.0488 e. The average molecular weight is 1110 g/mol. The highest BCUT2D eigenvalue weighted by Crippen LogP contribution is 2.11. The van der Waals surface area contributed by atoms with Gasteiger partial charge in [-0.3, -0.25) is 0 Å². The van der Waals surface area contributed by atoms with Crippen LogP contribution in [0.25, 0.3) is 10.8 Å². The Hall–Kier alpha value is -3.52. The monoisotopic (exact) mass is 1110 g/mol. The Morgan fingerprint density at radius 1 is 0.300 bits per heavy atom. The van der Waals surface area contributed by atoms with Crippen molar-refractivity contribution in [2.75, 3.05) is 13.2 Å². The van der Waals surface area contributed by atoms with E-state index < -0.39 is 0 Å². The number of fused-ring (bicyclic) bond motifs is 1. The van der Waals surface area contributed by atoms with Gasteiger partial charge in [-0.25, -0.2) is 0 Å². The van der Waals surface area contributed by atoms with Gasteiger partial charge in [0.25, 0.3) is 0 Å². The first-order chi connectivity index (χ1) is 37.6. The lowest BCUT2D eigenvalue weighted by molar-refractivity contribution is 0.101. The van der Waals surface area contributed by atoms with Gasteiger partial charge in [0.05, 0.1) is 0 Å². The van der Waals surface area contributed by atoms with Crippen LogP contribution < -0.4 is 0 Å². The third-order valence-corrected chi connectivity index (χ3v) is 10.3. The first-order valence-corrected chi connectivity index (χ1v) is 32.9. The summed E-state index contributed by atoms with van der Waals surface area (Å²) < 4.78 is 5.41. The second-order valence-corrected chi connectivity index (χ2v) is 25.3. The van der Waals surface area contributed by atoms with Crippen molar-refractivity contribution in [1.29, 1.82) is 0 Å². The molecule has 80 heavy (non-hydrogen) atoms. The Bertz CT molecular complexity index is 1480. The zero-order valence-electron chi connectivity index (χ0n) is 59.9. The van der Waals surface area contributed by atoms with E-state index in [1.807, 2.05) is 64.1 Å². The van der Waals surface area contributed by atoms with Crippen LogP contribution in [-0.4, -0.2) is 13.2 Å². The molecule has 1 heteroatoms. The topological polar surface area (TPSA) is 9.23 Å². The maximum Gasteiger partial charge on any atom is 0.0488 e. The number of benzene rings is 3. The molecule has 0 aliphatic heterocycles. The molecule has 468 valence electrons. The summed E-state index contributed by atoms with van der Waals surface area (Å²) in [6, 6.07) is 28.7. The van der Waals surface area contributed by atoms with Crippen LogP contribution in [0.4, 0.5) is 0 Å². The van der Waals surface area contributed by atoms with E-state index in [1.54, 1.807) is 0 Å². The van der Waals surface area contributed by atoms with Gasteiger partial charge in [0, 0.05) is 38.9 Å². The maximum atomic E-state index is 5.41. The predicted molar refractivity (Wildman–Crippen MR) is 378 cm³/mol. The van der Waals surface area contributed by atoms with Gasteiger partial charge in [-0.15, -0.1) is 23.7 Å². The van der Waals surface area contributed by atoms with E-state index in [-0.39, 0.29) is 0 Å². The standard InChI is InChI=1S/C10H8.2C10H20.2C10H18.C9H20O.C6H6.2C5H12.2C2H6/c1-2-6-10-8-4-3-7-9(10)5-1;4*1-9(2)7-5-6-8-10(3)4;1-8(2)5-6-10-7-9(3)4;1-2-4-6-5-3-1;2*1-4-5(2)3;2*1-2/h1-8H;2*5-6,9-10H,7-8H2,1-4H3;2*9-10H,7-8H2,1-4H3;8-9H,5-7H2,1-4H3;1-6H;2*5H,4H2,1-3H3;2*1-2H3/b;6-5+;6-5-;;;;;;;;. The lowest BCUT2D eigenvalue weighted by Crippen LogP contribution is -2.04. The molecule has 0 aliphatic carbocycles. The Morgan fingerprint density at radius 2 is 0.512 bits per heavy atom. The van der Waals surface area contributed by atoms with Gasteiger partial charge in [0.2, 0.25) is 0 Å². The van der Waals surface area contributed by atoms with Crippen molar-refractivity contribution in [1.82, 2.24) is 0 Å². The average Bonchev–Trinajstić information content (AvgIpc) is 3.40. The van der Waals surface area contributed by atoms with Crippen LogP contribution in [0.2, 0.25) is 0 Å². The van der Waals surface area contributed by atoms with E-state index in [9.17, 15) is 0 Å². The molecule has 3 rings (SSSR count). The Kier molecular flexibility index (Phi) is 87.7. The summed E-state index contributed by atoms with van der Waals surface area (Å²) in [5, 5.41) is 2.62. The van der Waals surface area contributed by atoms with Crippen LogP contribution in [0, 0.1) is 94.7 Å². The van der Waals surface area contributed by atoms with Gasteiger partial charge < -0.3 is 4.74 Å². The van der Waals surface area contributed by atoms with Gasteiger partial charge in [0.1, 0.15) is 0 Å². The molecule has 0 N–H and O–H groups in total. The summed E-state index contributed by atoms with van der Waals surface area (Å²) in [6.45, 7) is 67.5. The van der Waals surface area contributed by atoms with Gasteiger partial charge in [-0.2, -0.15) is 0 Å². The molecule has 0 aliphatic rings. The van der Waals surface area contributed by atoms with Crippen LogP contribution in [0.15, 0.2) is 109 Å². The number of hydrogen-bond donors (Lipinski definition) is 0. The molecule has 3 aromatic carbocycles. The zero-order chi connectivity index (χ0) is 63.5. The van der Waals surface area contributed by atoms with Crippen LogP contribution in [-0.2, 0) is 4.74 Å². The van der Waals surface area contributed by atoms with E-state index in [1.165, 1.54) is 55.7 Å². The highest BCUT2D eigenvalue weighted by Gasteiger charge is 1.96. The molecule has 0 heterocycles. The number of ether oxygens (including phenoxy) is 1. The molecule has 0 atom stereocenters. The van der Waals surface area contributed by atoms with Gasteiger partial charge in [0.15, 0.2) is 0 Å². The van der Waals surface area contributed by atoms with Crippen LogP contribution in [0.5, 0.6) is 0 Å². The van der Waals surface area contributed by atoms with Crippen molar-refractivity contribution in [3.05, 3.63) is 109 Å². The minimum Gasteiger partial charge on any atom is -0.381 e. The van der Waals surface area contributed by atoms with Crippen LogP contribution in [0.3, 0.4) is 0 Å². The van der Waals surface area contributed by atoms with Crippen LogP contribution >= 0.6 is 0 Å². The van der Waals surface area contributed by atoms with Crippen LogP contribution in [0.1, 0.15) is 278 Å². The molecule has 1 nitrogen and oxygen atoms in total. The molecule has 0 unspecified atom stereocenters. The largest absolute Gasteiger partial charge is 0.381 e. The third kappa shape index (κ3) is 114. The Labute approximate surface area is 508 Å². The van der Waals surface area contributed by atoms with Gasteiger partial charge in [-0.05, 0) is 114 Å². The van der Waals surface area contributed by atoms with E-state index in [0.29, 0.717) is 5.92 Å². The predicted octanol–water partition coefficient (Wildman–Crippen LogP) is 26.8. The summed E-state index contributed by atoms with van der Waals surface area (Å²) in [4.78, 5) is 0. The Balaban J connectivity index is -0.000000122. The van der Waals surface area contributed by atoms with E-state index in [2.05, 4.69) is 277 Å². The van der Waals surface area contributed by atoms with E-state index in [0.717, 1.165) is 104 Å². The first-order valence-electron chi connectivity index (χ1n) is 32.9. The summed E-state index contributed by atoms with van der Waals surface area (Å²) in [5.74, 6) is 22.0. The van der Waals surface area contributed by atoms with Crippen molar-refractivity contribution in [2.45, 2.75) is 278 Å². The van der Waals surface area contributed by atoms with Crippen molar-refractivity contribution in [3.63, 3.8) is 0 Å². The fraction of sp³-hybridized carbons (Fsp3) is 0.696. The van der Waals surface area contributed by atoms with Crippen molar-refractivity contribution >= 4 is 10.8 Å². The first kappa shape index (κ1) is 92.9. The molecular formula is C79H146O. The fourth-order valence-corrected chi connectivity index (χ4v) is 4.73. The molecule has 0 fully saturated rings. The van der Waals surface area contributed by atoms with E-state index in [4.69, 9.17) is 4.74 Å². The van der Waals surface area contributed by atoms with Gasteiger partial charge >= 0.3 is 0 Å². The Morgan fingerprint density at radius 3 is 0.662 bits per heavy atom. The highest BCUT2D eigenvalue weighted by molar-refractivity contribution is 5.82. The van der Waals surface area contributed by atoms with E-state index >= 15 is 0 Å². The molecule has 0 saturated carbocycles.